The number of hydrogen-bond acceptors (Lipinski definition) is 2. The average molecular weight is 407 g/mol. The molecule has 0 fully saturated rings. The van der Waals surface area contributed by atoms with Gasteiger partial charge in [0.15, 0.2) is 0 Å². The Kier molecular flexibility index (Phi) is 5.05. The summed E-state index contributed by atoms with van der Waals surface area (Å²) in [5.74, 6) is -1.27. The molecule has 21 heavy (non-hydrogen) atoms. The molecule has 0 aliphatic carbocycles. The summed E-state index contributed by atoms with van der Waals surface area (Å²) in [6, 6.07) is 9.49. The van der Waals surface area contributed by atoms with E-state index >= 15 is 0 Å². The standard InChI is InChI=1S/C14H9F3INO2/c15-8-5-6-11(10(18)7-8)19-13(20)9-3-1-2-4-12(9)21-14(16)17/h1-7,14H,(H,19,20). The number of rotatable bonds is 4. The van der Waals surface area contributed by atoms with Crippen molar-refractivity contribution in [3.05, 3.63) is 57.4 Å². The first-order valence-corrected chi connectivity index (χ1v) is 6.85. The van der Waals surface area contributed by atoms with Gasteiger partial charge in [0, 0.05) is 3.57 Å². The van der Waals surface area contributed by atoms with Crippen LogP contribution >= 0.6 is 22.6 Å². The van der Waals surface area contributed by atoms with Crippen molar-refractivity contribution >= 4 is 34.2 Å². The largest absolute Gasteiger partial charge is 0.434 e. The minimum Gasteiger partial charge on any atom is -0.434 e. The maximum atomic E-state index is 13.0. The highest BCUT2D eigenvalue weighted by Gasteiger charge is 2.16. The third-order valence-electron chi connectivity index (χ3n) is 2.53. The highest BCUT2D eigenvalue weighted by Crippen LogP contribution is 2.24. The average Bonchev–Trinajstić information content (AvgIpc) is 2.42. The second-order valence-corrected chi connectivity index (χ2v) is 5.12. The number of amides is 1. The quantitative estimate of drug-likeness (QED) is 0.769. The summed E-state index contributed by atoms with van der Waals surface area (Å²) in [5, 5.41) is 2.53. The van der Waals surface area contributed by atoms with E-state index in [2.05, 4.69) is 10.1 Å². The molecule has 2 aromatic rings. The number of carbonyl (C=O) groups excluding carboxylic acids is 1. The topological polar surface area (TPSA) is 38.3 Å². The second kappa shape index (κ2) is 6.79. The zero-order valence-electron chi connectivity index (χ0n) is 10.4. The summed E-state index contributed by atoms with van der Waals surface area (Å²) in [4.78, 5) is 12.1. The first-order valence-electron chi connectivity index (χ1n) is 5.77. The lowest BCUT2D eigenvalue weighted by atomic mass is 10.2. The van der Waals surface area contributed by atoms with Crippen LogP contribution < -0.4 is 10.1 Å². The Morgan fingerprint density at radius 2 is 1.90 bits per heavy atom. The van der Waals surface area contributed by atoms with Gasteiger partial charge in [0.25, 0.3) is 5.91 Å². The van der Waals surface area contributed by atoms with Crippen LogP contribution in [0.25, 0.3) is 0 Å². The Balaban J connectivity index is 2.24. The summed E-state index contributed by atoms with van der Waals surface area (Å²) in [6.45, 7) is -3.02. The molecule has 0 aliphatic heterocycles. The van der Waals surface area contributed by atoms with Gasteiger partial charge in [0.2, 0.25) is 0 Å². The molecule has 0 radical (unpaired) electrons. The fourth-order valence-corrected chi connectivity index (χ4v) is 2.25. The van der Waals surface area contributed by atoms with Crippen molar-refractivity contribution in [1.82, 2.24) is 0 Å². The SMILES string of the molecule is O=C(Nc1ccc(F)cc1I)c1ccccc1OC(F)F. The molecule has 0 saturated heterocycles. The van der Waals surface area contributed by atoms with Crippen LogP contribution in [-0.2, 0) is 0 Å². The van der Waals surface area contributed by atoms with E-state index in [9.17, 15) is 18.0 Å². The molecule has 3 nitrogen and oxygen atoms in total. The van der Waals surface area contributed by atoms with E-state index in [1.54, 1.807) is 0 Å². The second-order valence-electron chi connectivity index (χ2n) is 3.95. The molecule has 2 aromatic carbocycles. The number of ether oxygens (including phenoxy) is 1. The van der Waals surface area contributed by atoms with Crippen molar-refractivity contribution in [2.75, 3.05) is 5.32 Å². The van der Waals surface area contributed by atoms with Crippen molar-refractivity contribution in [1.29, 1.82) is 0 Å². The molecule has 0 aliphatic rings. The molecule has 0 heterocycles. The van der Waals surface area contributed by atoms with Gasteiger partial charge in [-0.25, -0.2) is 4.39 Å². The van der Waals surface area contributed by atoms with Crippen molar-refractivity contribution in [3.8, 4) is 5.75 Å². The maximum absolute atomic E-state index is 13.0. The van der Waals surface area contributed by atoms with Crippen molar-refractivity contribution in [3.63, 3.8) is 0 Å². The summed E-state index contributed by atoms with van der Waals surface area (Å²) in [6.07, 6.45) is 0. The number of halogens is 4. The van der Waals surface area contributed by atoms with E-state index < -0.39 is 18.3 Å². The van der Waals surface area contributed by atoms with Crippen LogP contribution in [0.5, 0.6) is 5.75 Å². The van der Waals surface area contributed by atoms with Crippen LogP contribution in [-0.4, -0.2) is 12.5 Å². The molecule has 1 amide bonds. The number of hydrogen-bond donors (Lipinski definition) is 1. The lowest BCUT2D eigenvalue weighted by molar-refractivity contribution is -0.0501. The zero-order valence-corrected chi connectivity index (χ0v) is 12.6. The van der Waals surface area contributed by atoms with Crippen molar-refractivity contribution in [2.45, 2.75) is 6.61 Å². The third-order valence-corrected chi connectivity index (χ3v) is 3.42. The highest BCUT2D eigenvalue weighted by atomic mass is 127. The summed E-state index contributed by atoms with van der Waals surface area (Å²) < 4.78 is 42.4. The molecule has 0 unspecified atom stereocenters. The van der Waals surface area contributed by atoms with Gasteiger partial charge in [-0.2, -0.15) is 8.78 Å². The van der Waals surface area contributed by atoms with Gasteiger partial charge >= 0.3 is 6.61 Å². The van der Waals surface area contributed by atoms with Gasteiger partial charge < -0.3 is 10.1 Å². The molecule has 7 heteroatoms. The molecule has 110 valence electrons. The Morgan fingerprint density at radius 1 is 1.19 bits per heavy atom. The van der Waals surface area contributed by atoms with Gasteiger partial charge in [-0.15, -0.1) is 0 Å². The number of alkyl halides is 2. The van der Waals surface area contributed by atoms with Gasteiger partial charge in [-0.05, 0) is 52.9 Å². The monoisotopic (exact) mass is 407 g/mol. The first kappa shape index (κ1) is 15.6. The first-order chi connectivity index (χ1) is 9.97. The minimum absolute atomic E-state index is 0.0297. The lowest BCUT2D eigenvalue weighted by Crippen LogP contribution is -2.15. The third kappa shape index (κ3) is 4.10. The molecule has 0 spiro atoms. The van der Waals surface area contributed by atoms with Gasteiger partial charge in [0.05, 0.1) is 11.3 Å². The van der Waals surface area contributed by atoms with Crippen LogP contribution in [0.1, 0.15) is 10.4 Å². The number of nitrogens with one attached hydrogen (secondary N) is 1. The van der Waals surface area contributed by atoms with Gasteiger partial charge in [-0.1, -0.05) is 12.1 Å². The van der Waals surface area contributed by atoms with Crippen LogP contribution in [0.15, 0.2) is 42.5 Å². The fraction of sp³-hybridized carbons (Fsp3) is 0.0714. The highest BCUT2D eigenvalue weighted by molar-refractivity contribution is 14.1. The molecule has 0 bridgehead atoms. The molecule has 0 aromatic heterocycles. The fourth-order valence-electron chi connectivity index (χ4n) is 1.63. The van der Waals surface area contributed by atoms with E-state index in [4.69, 9.17) is 0 Å². The summed E-state index contributed by atoms with van der Waals surface area (Å²) >= 11 is 1.86. The summed E-state index contributed by atoms with van der Waals surface area (Å²) in [5.41, 5.74) is 0.353. The summed E-state index contributed by atoms with van der Waals surface area (Å²) in [7, 11) is 0. The van der Waals surface area contributed by atoms with Crippen LogP contribution in [0.4, 0.5) is 18.9 Å². The van der Waals surface area contributed by atoms with Crippen molar-refractivity contribution < 1.29 is 22.7 Å². The number of para-hydroxylation sites is 1. The normalized spacial score (nSPS) is 10.5. The Labute approximate surface area is 132 Å². The Bertz CT molecular complexity index is 664. The van der Waals surface area contributed by atoms with Crippen molar-refractivity contribution in [2.24, 2.45) is 0 Å². The van der Waals surface area contributed by atoms with E-state index in [1.165, 1.54) is 42.5 Å². The zero-order chi connectivity index (χ0) is 15.4. The molecular weight excluding hydrogens is 398 g/mol. The molecule has 2 rings (SSSR count). The molecular formula is C14H9F3INO2. The predicted molar refractivity (Wildman–Crippen MR) is 80.1 cm³/mol. The van der Waals surface area contributed by atoms with Crippen LogP contribution in [0, 0.1) is 9.39 Å². The van der Waals surface area contributed by atoms with Crippen LogP contribution in [0.3, 0.4) is 0 Å². The van der Waals surface area contributed by atoms with Gasteiger partial charge in [0.1, 0.15) is 11.6 Å². The van der Waals surface area contributed by atoms with E-state index in [1.807, 2.05) is 22.6 Å². The Morgan fingerprint density at radius 3 is 2.57 bits per heavy atom. The predicted octanol–water partition coefficient (Wildman–Crippen LogP) is 4.28. The maximum Gasteiger partial charge on any atom is 0.387 e. The van der Waals surface area contributed by atoms with E-state index in [0.717, 1.165) is 0 Å². The smallest absolute Gasteiger partial charge is 0.387 e. The molecule has 0 saturated carbocycles. The molecule has 1 N–H and O–H groups in total. The van der Waals surface area contributed by atoms with E-state index in [-0.39, 0.29) is 11.3 Å². The number of benzene rings is 2. The number of carbonyl (C=O) groups is 1. The number of anilines is 1. The van der Waals surface area contributed by atoms with Gasteiger partial charge in [-0.3, -0.25) is 4.79 Å². The minimum atomic E-state index is -3.02. The molecule has 0 atom stereocenters. The Hall–Kier alpha value is -1.77. The van der Waals surface area contributed by atoms with Crippen LogP contribution in [0.2, 0.25) is 0 Å². The lowest BCUT2D eigenvalue weighted by Gasteiger charge is -2.11. The van der Waals surface area contributed by atoms with E-state index in [0.29, 0.717) is 9.26 Å².